The van der Waals surface area contributed by atoms with Crippen LogP contribution in [-0.2, 0) is 24.3 Å². The molecule has 0 heterocycles. The van der Waals surface area contributed by atoms with Gasteiger partial charge in [-0.05, 0) is 31.1 Å². The highest BCUT2D eigenvalue weighted by atomic mass is 32.2. The lowest BCUT2D eigenvalue weighted by atomic mass is 9.70. The topological polar surface area (TPSA) is 116 Å². The minimum atomic E-state index is -3.84. The number of sulfonamides is 1. The molecule has 3 N–H and O–H groups in total. The Kier molecular flexibility index (Phi) is 4.90. The van der Waals surface area contributed by atoms with Crippen LogP contribution in [0.1, 0.15) is 40.0 Å². The lowest BCUT2D eigenvalue weighted by Gasteiger charge is -2.36. The lowest BCUT2D eigenvalue weighted by molar-refractivity contribution is -0.144. The first-order valence-electron chi connectivity index (χ1n) is 7.99. The minimum Gasteiger partial charge on any atom is -0.465 e. The molecule has 7 nitrogen and oxygen atoms in total. The van der Waals surface area contributed by atoms with Crippen LogP contribution in [0, 0.1) is 16.7 Å². The summed E-state index contributed by atoms with van der Waals surface area (Å²) >= 11 is 0. The Labute approximate surface area is 137 Å². The van der Waals surface area contributed by atoms with Gasteiger partial charge in [0.2, 0.25) is 10.0 Å². The molecule has 2 rings (SSSR count). The summed E-state index contributed by atoms with van der Waals surface area (Å²) in [5.74, 6) is -0.736. The molecule has 2 unspecified atom stereocenters. The molecule has 0 saturated heterocycles. The number of fused-ring (bicyclic) bond motifs is 2. The molecule has 0 aromatic heterocycles. The van der Waals surface area contributed by atoms with Crippen LogP contribution in [0.5, 0.6) is 0 Å². The van der Waals surface area contributed by atoms with Crippen molar-refractivity contribution in [1.82, 2.24) is 4.72 Å². The fourth-order valence-electron chi connectivity index (χ4n) is 4.13. The van der Waals surface area contributed by atoms with E-state index in [0.717, 1.165) is 6.42 Å². The monoisotopic (exact) mass is 346 g/mol. The fraction of sp³-hybridized carbons (Fsp3) is 0.867. The minimum absolute atomic E-state index is 0.0181. The van der Waals surface area contributed by atoms with Crippen LogP contribution in [0.2, 0.25) is 0 Å². The summed E-state index contributed by atoms with van der Waals surface area (Å²) in [6.45, 7) is 5.53. The van der Waals surface area contributed by atoms with E-state index in [0.29, 0.717) is 12.8 Å². The Bertz CT molecular complexity index is 601. The molecule has 8 heteroatoms. The molecule has 2 fully saturated rings. The second-order valence-electron chi connectivity index (χ2n) is 7.08. The molecule has 2 aliphatic rings. The number of Topliss-reactive ketones (excluding diaryl/α,β-unsaturated/α-hetero) is 1. The number of ether oxygens (including phenoxy) is 1. The highest BCUT2D eigenvalue weighted by molar-refractivity contribution is 7.89. The molecule has 0 amide bonds. The van der Waals surface area contributed by atoms with E-state index in [4.69, 9.17) is 10.5 Å². The summed E-state index contributed by atoms with van der Waals surface area (Å²) in [6, 6.07) is -1.12. The van der Waals surface area contributed by atoms with Gasteiger partial charge in [0, 0.05) is 18.4 Å². The van der Waals surface area contributed by atoms with E-state index >= 15 is 0 Å². The summed E-state index contributed by atoms with van der Waals surface area (Å²) in [7, 11) is -3.84. The first kappa shape index (κ1) is 18.4. The summed E-state index contributed by atoms with van der Waals surface area (Å²) in [5, 5.41) is 0. The SMILES string of the molecule is CCOC(=O)[C@H](CN)NS(=O)(=O)CC12CCC(CC1=O)C2(C)C. The first-order valence-corrected chi connectivity index (χ1v) is 9.65. The van der Waals surface area contributed by atoms with Crippen molar-refractivity contribution >= 4 is 21.8 Å². The summed E-state index contributed by atoms with van der Waals surface area (Å²) in [5.41, 5.74) is 4.27. The predicted molar refractivity (Wildman–Crippen MR) is 85.0 cm³/mol. The molecule has 23 heavy (non-hydrogen) atoms. The van der Waals surface area contributed by atoms with Gasteiger partial charge >= 0.3 is 5.97 Å². The average Bonchev–Trinajstić information content (AvgIpc) is 2.78. The van der Waals surface area contributed by atoms with Gasteiger partial charge in [-0.3, -0.25) is 9.59 Å². The smallest absolute Gasteiger partial charge is 0.325 e. The molecule has 2 bridgehead atoms. The van der Waals surface area contributed by atoms with Crippen molar-refractivity contribution in [2.75, 3.05) is 18.9 Å². The van der Waals surface area contributed by atoms with Crippen LogP contribution in [-0.4, -0.2) is 45.1 Å². The summed E-state index contributed by atoms with van der Waals surface area (Å²) in [4.78, 5) is 24.2. The summed E-state index contributed by atoms with van der Waals surface area (Å²) < 4.78 is 32.2. The van der Waals surface area contributed by atoms with Crippen molar-refractivity contribution in [3.8, 4) is 0 Å². The van der Waals surface area contributed by atoms with E-state index in [1.807, 2.05) is 13.8 Å². The van der Waals surface area contributed by atoms with Crippen molar-refractivity contribution < 1.29 is 22.7 Å². The second kappa shape index (κ2) is 6.14. The Morgan fingerprint density at radius 2 is 2.13 bits per heavy atom. The number of hydrogen-bond donors (Lipinski definition) is 2. The van der Waals surface area contributed by atoms with Gasteiger partial charge in [0.05, 0.1) is 12.4 Å². The maximum Gasteiger partial charge on any atom is 0.325 e. The quantitative estimate of drug-likeness (QED) is 0.636. The van der Waals surface area contributed by atoms with Gasteiger partial charge in [0.15, 0.2) is 0 Å². The number of nitrogens with one attached hydrogen (secondary N) is 1. The van der Waals surface area contributed by atoms with Gasteiger partial charge in [0.1, 0.15) is 11.8 Å². The molecular formula is C15H26N2O5S. The third-order valence-corrected chi connectivity index (χ3v) is 7.22. The van der Waals surface area contributed by atoms with E-state index < -0.39 is 27.4 Å². The normalized spacial score (nSPS) is 30.4. The van der Waals surface area contributed by atoms with Crippen LogP contribution in [0.15, 0.2) is 0 Å². The standard InChI is InChI=1S/C15H26N2O5S/c1-4-22-13(19)11(8-16)17-23(20,21)9-15-6-5-10(7-12(15)18)14(15,2)3/h10-11,17H,4-9,16H2,1-3H3/t10?,11-,15?/m0/s1. The third-order valence-electron chi connectivity index (χ3n) is 5.70. The van der Waals surface area contributed by atoms with Crippen LogP contribution in [0.3, 0.4) is 0 Å². The van der Waals surface area contributed by atoms with Gasteiger partial charge in [-0.1, -0.05) is 13.8 Å². The molecule has 0 spiro atoms. The maximum absolute atomic E-state index is 12.6. The van der Waals surface area contributed by atoms with Crippen molar-refractivity contribution in [2.45, 2.75) is 46.1 Å². The van der Waals surface area contributed by atoms with E-state index in [9.17, 15) is 18.0 Å². The zero-order valence-corrected chi connectivity index (χ0v) is 14.7. The zero-order valence-electron chi connectivity index (χ0n) is 13.9. The molecule has 0 aromatic carbocycles. The number of hydrogen-bond acceptors (Lipinski definition) is 6. The number of carbonyl (C=O) groups excluding carboxylic acids is 2. The van der Waals surface area contributed by atoms with Gasteiger partial charge in [-0.25, -0.2) is 8.42 Å². The third kappa shape index (κ3) is 3.04. The highest BCUT2D eigenvalue weighted by Crippen LogP contribution is 2.64. The molecule has 2 aliphatic carbocycles. The van der Waals surface area contributed by atoms with Crippen LogP contribution in [0.25, 0.3) is 0 Å². The van der Waals surface area contributed by atoms with E-state index in [1.165, 1.54) is 0 Å². The number of carbonyl (C=O) groups is 2. The Morgan fingerprint density at radius 3 is 2.57 bits per heavy atom. The van der Waals surface area contributed by atoms with Crippen LogP contribution < -0.4 is 10.5 Å². The molecule has 0 aliphatic heterocycles. The largest absolute Gasteiger partial charge is 0.465 e. The second-order valence-corrected chi connectivity index (χ2v) is 8.84. The number of ketones is 1. The number of nitrogens with two attached hydrogens (primary N) is 1. The van der Waals surface area contributed by atoms with E-state index in [1.54, 1.807) is 6.92 Å². The maximum atomic E-state index is 12.6. The Hall–Kier alpha value is -0.990. The molecule has 0 aromatic rings. The van der Waals surface area contributed by atoms with Crippen molar-refractivity contribution in [3.05, 3.63) is 0 Å². The average molecular weight is 346 g/mol. The zero-order chi connectivity index (χ0) is 17.5. The highest BCUT2D eigenvalue weighted by Gasteiger charge is 2.65. The van der Waals surface area contributed by atoms with Crippen molar-refractivity contribution in [2.24, 2.45) is 22.5 Å². The first-order chi connectivity index (χ1) is 10.6. The van der Waals surface area contributed by atoms with E-state index in [2.05, 4.69) is 4.72 Å². The molecule has 132 valence electrons. The van der Waals surface area contributed by atoms with Crippen molar-refractivity contribution in [1.29, 1.82) is 0 Å². The number of esters is 1. The predicted octanol–water partition coefficient (Wildman–Crippen LogP) is 0.192. The molecule has 0 radical (unpaired) electrons. The van der Waals surface area contributed by atoms with Crippen molar-refractivity contribution in [3.63, 3.8) is 0 Å². The van der Waals surface area contributed by atoms with E-state index in [-0.39, 0.29) is 36.0 Å². The summed E-state index contributed by atoms with van der Waals surface area (Å²) in [6.07, 6.45) is 1.89. The lowest BCUT2D eigenvalue weighted by Crippen LogP contribution is -2.51. The van der Waals surface area contributed by atoms with Gasteiger partial charge in [-0.15, -0.1) is 0 Å². The molecule has 2 saturated carbocycles. The Morgan fingerprint density at radius 1 is 1.48 bits per heavy atom. The van der Waals surface area contributed by atoms with Gasteiger partial charge in [-0.2, -0.15) is 4.72 Å². The van der Waals surface area contributed by atoms with Gasteiger partial charge < -0.3 is 10.5 Å². The van der Waals surface area contributed by atoms with Gasteiger partial charge in [0.25, 0.3) is 0 Å². The Balaban J connectivity index is 2.18. The number of rotatable bonds is 7. The molecular weight excluding hydrogens is 320 g/mol. The molecule has 3 atom stereocenters. The van der Waals surface area contributed by atoms with Crippen LogP contribution >= 0.6 is 0 Å². The van der Waals surface area contributed by atoms with Crippen LogP contribution in [0.4, 0.5) is 0 Å². The fourth-order valence-corrected chi connectivity index (χ4v) is 6.16.